The monoisotopic (exact) mass is 279 g/mol. The van der Waals surface area contributed by atoms with Crippen LogP contribution in [0.5, 0.6) is 0 Å². The minimum absolute atomic E-state index is 0.592. The van der Waals surface area contributed by atoms with Crippen LogP contribution < -0.4 is 5.32 Å². The normalized spacial score (nSPS) is 22.1. The molecule has 0 bridgehead atoms. The van der Waals surface area contributed by atoms with Gasteiger partial charge in [-0.05, 0) is 46.0 Å². The predicted octanol–water partition coefficient (Wildman–Crippen LogP) is 2.31. The first kappa shape index (κ1) is 15.5. The first-order valence-corrected chi connectivity index (χ1v) is 7.88. The summed E-state index contributed by atoms with van der Waals surface area (Å²) in [6.07, 6.45) is 4.31. The second kappa shape index (κ2) is 7.81. The van der Waals surface area contributed by atoms with Gasteiger partial charge in [-0.25, -0.2) is 0 Å². The van der Waals surface area contributed by atoms with Crippen molar-refractivity contribution in [1.29, 1.82) is 0 Å². The predicted molar refractivity (Wildman–Crippen MR) is 82.7 cm³/mol. The van der Waals surface area contributed by atoms with Gasteiger partial charge >= 0.3 is 0 Å². The van der Waals surface area contributed by atoms with Crippen LogP contribution >= 0.6 is 0 Å². The van der Waals surface area contributed by atoms with E-state index in [0.717, 1.165) is 38.5 Å². The molecule has 1 fully saturated rings. The van der Waals surface area contributed by atoms with E-state index < -0.39 is 0 Å². The average molecular weight is 279 g/mol. The Kier molecular flexibility index (Phi) is 6.07. The van der Waals surface area contributed by atoms with E-state index >= 15 is 0 Å². The highest BCUT2D eigenvalue weighted by Crippen LogP contribution is 2.15. The molecule has 1 saturated heterocycles. The summed E-state index contributed by atoms with van der Waals surface area (Å²) in [5.41, 5.74) is 1.26. The van der Waals surface area contributed by atoms with Crippen LogP contribution in [-0.2, 0) is 13.1 Å². The Morgan fingerprint density at radius 1 is 1.40 bits per heavy atom. The molecule has 4 heteroatoms. The van der Waals surface area contributed by atoms with Gasteiger partial charge in [0.2, 0.25) is 0 Å². The van der Waals surface area contributed by atoms with Crippen molar-refractivity contribution in [3.05, 3.63) is 23.7 Å². The van der Waals surface area contributed by atoms with Crippen LogP contribution in [0.25, 0.3) is 0 Å². The van der Waals surface area contributed by atoms with E-state index in [-0.39, 0.29) is 0 Å². The average Bonchev–Trinajstić information content (AvgIpc) is 2.78. The zero-order valence-electron chi connectivity index (χ0n) is 13.2. The highest BCUT2D eigenvalue weighted by atomic mass is 16.3. The van der Waals surface area contributed by atoms with Crippen molar-refractivity contribution in [2.45, 2.75) is 45.8 Å². The molecule has 1 aliphatic rings. The van der Waals surface area contributed by atoms with E-state index in [0.29, 0.717) is 6.04 Å². The molecular formula is C16H29N3O. The summed E-state index contributed by atoms with van der Waals surface area (Å²) < 4.78 is 5.72. The molecular weight excluding hydrogens is 250 g/mol. The van der Waals surface area contributed by atoms with Gasteiger partial charge in [-0.15, -0.1) is 0 Å². The maximum atomic E-state index is 5.72. The molecule has 0 aliphatic carbocycles. The zero-order chi connectivity index (χ0) is 14.4. The molecule has 1 atom stereocenters. The molecule has 20 heavy (non-hydrogen) atoms. The van der Waals surface area contributed by atoms with Crippen LogP contribution in [0.1, 0.15) is 38.0 Å². The number of nitrogens with zero attached hydrogens (tertiary/aromatic N) is 2. The molecule has 4 nitrogen and oxygen atoms in total. The third-order valence-electron chi connectivity index (χ3n) is 4.01. The molecule has 114 valence electrons. The van der Waals surface area contributed by atoms with Gasteiger partial charge in [-0.3, -0.25) is 4.90 Å². The Morgan fingerprint density at radius 3 is 3.05 bits per heavy atom. The van der Waals surface area contributed by atoms with Gasteiger partial charge < -0.3 is 14.6 Å². The minimum Gasteiger partial charge on any atom is -0.468 e. The lowest BCUT2D eigenvalue weighted by molar-refractivity contribution is 0.181. The minimum atomic E-state index is 0.592. The summed E-state index contributed by atoms with van der Waals surface area (Å²) in [4.78, 5) is 4.96. The quantitative estimate of drug-likeness (QED) is 0.810. The topological polar surface area (TPSA) is 31.7 Å². The molecule has 2 rings (SSSR count). The Hall–Kier alpha value is -0.840. The Labute approximate surface area is 123 Å². The first-order chi connectivity index (χ1) is 9.69. The highest BCUT2D eigenvalue weighted by molar-refractivity contribution is 5.12. The van der Waals surface area contributed by atoms with Crippen molar-refractivity contribution >= 4 is 0 Å². The molecule has 1 aromatic heterocycles. The second-order valence-electron chi connectivity index (χ2n) is 6.03. The number of rotatable bonds is 6. The van der Waals surface area contributed by atoms with Gasteiger partial charge in [-0.1, -0.05) is 6.92 Å². The Bertz CT molecular complexity index is 391. The van der Waals surface area contributed by atoms with E-state index in [2.05, 4.69) is 42.1 Å². The number of furan rings is 1. The van der Waals surface area contributed by atoms with Gasteiger partial charge in [0.15, 0.2) is 0 Å². The maximum Gasteiger partial charge on any atom is 0.118 e. The molecule has 1 N–H and O–H groups in total. The molecule has 2 heterocycles. The summed E-state index contributed by atoms with van der Waals surface area (Å²) in [5.74, 6) is 1.09. The van der Waals surface area contributed by atoms with Gasteiger partial charge in [0.1, 0.15) is 5.76 Å². The summed E-state index contributed by atoms with van der Waals surface area (Å²) >= 11 is 0. The zero-order valence-corrected chi connectivity index (χ0v) is 13.2. The van der Waals surface area contributed by atoms with Crippen LogP contribution in [0, 0.1) is 0 Å². The molecule has 1 aliphatic heterocycles. The van der Waals surface area contributed by atoms with Crippen molar-refractivity contribution in [1.82, 2.24) is 15.1 Å². The third-order valence-corrected chi connectivity index (χ3v) is 4.01. The van der Waals surface area contributed by atoms with Crippen molar-refractivity contribution in [2.75, 3.05) is 33.2 Å². The van der Waals surface area contributed by atoms with E-state index in [4.69, 9.17) is 4.42 Å². The van der Waals surface area contributed by atoms with E-state index in [1.165, 1.54) is 24.9 Å². The van der Waals surface area contributed by atoms with Gasteiger partial charge in [0, 0.05) is 31.2 Å². The summed E-state index contributed by atoms with van der Waals surface area (Å²) in [7, 11) is 2.21. The summed E-state index contributed by atoms with van der Waals surface area (Å²) in [5, 5.41) is 3.41. The van der Waals surface area contributed by atoms with Gasteiger partial charge in [0.05, 0.1) is 12.8 Å². The number of likely N-dealkylation sites (N-methyl/N-ethyl adjacent to an activating group) is 1. The third kappa shape index (κ3) is 4.62. The molecule has 0 saturated carbocycles. The molecule has 0 radical (unpaired) electrons. The van der Waals surface area contributed by atoms with Crippen LogP contribution in [-0.4, -0.2) is 49.1 Å². The SMILES string of the molecule is CCCNCc1coc(CN2CCCN(C)CC2C)c1. The first-order valence-electron chi connectivity index (χ1n) is 7.88. The van der Waals surface area contributed by atoms with Gasteiger partial charge in [-0.2, -0.15) is 0 Å². The number of hydrogen-bond donors (Lipinski definition) is 1. The maximum absolute atomic E-state index is 5.72. The van der Waals surface area contributed by atoms with Crippen LogP contribution in [0.3, 0.4) is 0 Å². The molecule has 1 aromatic rings. The smallest absolute Gasteiger partial charge is 0.118 e. The molecule has 1 unspecified atom stereocenters. The Balaban J connectivity index is 1.85. The van der Waals surface area contributed by atoms with Gasteiger partial charge in [0.25, 0.3) is 0 Å². The van der Waals surface area contributed by atoms with Crippen LogP contribution in [0.2, 0.25) is 0 Å². The van der Waals surface area contributed by atoms with Crippen molar-refractivity contribution in [3.63, 3.8) is 0 Å². The lowest BCUT2D eigenvalue weighted by atomic mass is 10.2. The molecule has 0 amide bonds. The molecule has 0 spiro atoms. The fourth-order valence-electron chi connectivity index (χ4n) is 2.87. The fraction of sp³-hybridized carbons (Fsp3) is 0.750. The summed E-state index contributed by atoms with van der Waals surface area (Å²) in [6, 6.07) is 2.79. The van der Waals surface area contributed by atoms with Crippen LogP contribution in [0.15, 0.2) is 16.7 Å². The molecule has 0 aromatic carbocycles. The van der Waals surface area contributed by atoms with Crippen LogP contribution in [0.4, 0.5) is 0 Å². The van der Waals surface area contributed by atoms with E-state index in [1.807, 2.05) is 6.26 Å². The van der Waals surface area contributed by atoms with Crippen molar-refractivity contribution in [3.8, 4) is 0 Å². The highest BCUT2D eigenvalue weighted by Gasteiger charge is 2.20. The number of hydrogen-bond acceptors (Lipinski definition) is 4. The van der Waals surface area contributed by atoms with Crippen molar-refractivity contribution in [2.24, 2.45) is 0 Å². The second-order valence-corrected chi connectivity index (χ2v) is 6.03. The van der Waals surface area contributed by atoms with E-state index in [9.17, 15) is 0 Å². The van der Waals surface area contributed by atoms with E-state index in [1.54, 1.807) is 0 Å². The standard InChI is InChI=1S/C16H29N3O/c1-4-6-17-10-15-9-16(20-13-15)12-19-8-5-7-18(3)11-14(19)2/h9,13-14,17H,4-8,10-12H2,1-3H3. The number of nitrogens with one attached hydrogen (secondary N) is 1. The Morgan fingerprint density at radius 2 is 2.25 bits per heavy atom. The largest absolute Gasteiger partial charge is 0.468 e. The van der Waals surface area contributed by atoms with Crippen molar-refractivity contribution < 1.29 is 4.42 Å². The summed E-state index contributed by atoms with van der Waals surface area (Å²) in [6.45, 7) is 10.9. The fourth-order valence-corrected chi connectivity index (χ4v) is 2.87. The lowest BCUT2D eigenvalue weighted by Crippen LogP contribution is -2.37. The lowest BCUT2D eigenvalue weighted by Gasteiger charge is -2.26.